The molecule has 0 aliphatic heterocycles. The quantitative estimate of drug-likeness (QED) is 0.176. The lowest BCUT2D eigenvalue weighted by molar-refractivity contribution is 0.600. The van der Waals surface area contributed by atoms with Crippen molar-refractivity contribution >= 4 is 71.7 Å². The monoisotopic (exact) mass is 899 g/mol. The normalized spacial score (nSPS) is 15.3. The second kappa shape index (κ2) is 13.6. The van der Waals surface area contributed by atoms with Gasteiger partial charge in [-0.25, -0.2) is 0 Å². The number of benzene rings is 10. The van der Waals surface area contributed by atoms with E-state index in [0.717, 1.165) is 55.9 Å². The fourth-order valence-corrected chi connectivity index (χ4v) is 13.5. The lowest BCUT2D eigenvalue weighted by atomic mass is 9.72. The van der Waals surface area contributed by atoms with Gasteiger partial charge in [0.2, 0.25) is 0 Å². The second-order valence-electron chi connectivity index (χ2n) is 21.6. The zero-order chi connectivity index (χ0) is 47.0. The molecule has 0 fully saturated rings. The van der Waals surface area contributed by atoms with Gasteiger partial charge in [-0.2, -0.15) is 0 Å². The van der Waals surface area contributed by atoms with Crippen molar-refractivity contribution in [1.82, 2.24) is 0 Å². The van der Waals surface area contributed by atoms with Crippen LogP contribution in [0.2, 0.25) is 0 Å². The standard InChI is InChI=1S/C67H49NO2/c1-65(2)51-35-42(30-32-45(51)56-53(65)37-49(39-19-8-7-9-20-39)63-58(56)47-23-13-16-26-54(47)69-63)68(41-29-28-38-18-10-11-21-40(38)34-41)43-31-33-46-52(36-43)67(5,6)61-57(46)59-48-24-14-17-27-55(48)70-64(59)60-44-22-12-15-25-50(44)66(3,4)62(60)61/h7-37H,1-6H3. The first-order valence-corrected chi connectivity index (χ1v) is 24.7. The van der Waals surface area contributed by atoms with Crippen LogP contribution in [0.3, 0.4) is 0 Å². The number of fused-ring (bicyclic) bond motifs is 20. The van der Waals surface area contributed by atoms with Crippen LogP contribution in [-0.2, 0) is 16.2 Å². The maximum atomic E-state index is 7.00. The Morgan fingerprint density at radius 2 is 0.857 bits per heavy atom. The number of hydrogen-bond acceptors (Lipinski definition) is 3. The first-order valence-electron chi connectivity index (χ1n) is 24.7. The molecule has 3 heteroatoms. The summed E-state index contributed by atoms with van der Waals surface area (Å²) in [4.78, 5) is 2.50. The third-order valence-electron chi connectivity index (χ3n) is 16.7. The van der Waals surface area contributed by atoms with E-state index in [1.54, 1.807) is 0 Å². The molecule has 15 rings (SSSR count). The molecule has 70 heavy (non-hydrogen) atoms. The minimum Gasteiger partial charge on any atom is -0.455 e. The van der Waals surface area contributed by atoms with Gasteiger partial charge in [-0.15, -0.1) is 0 Å². The van der Waals surface area contributed by atoms with E-state index >= 15 is 0 Å². The van der Waals surface area contributed by atoms with Gasteiger partial charge < -0.3 is 13.7 Å². The van der Waals surface area contributed by atoms with Crippen molar-refractivity contribution < 1.29 is 8.83 Å². The molecule has 334 valence electrons. The first-order chi connectivity index (χ1) is 34.0. The zero-order valence-corrected chi connectivity index (χ0v) is 40.2. The molecule has 0 spiro atoms. The highest BCUT2D eigenvalue weighted by Crippen LogP contribution is 2.64. The molecule has 0 saturated heterocycles. The third-order valence-corrected chi connectivity index (χ3v) is 16.7. The van der Waals surface area contributed by atoms with Crippen LogP contribution in [0, 0.1) is 0 Å². The highest BCUT2D eigenvalue weighted by molar-refractivity contribution is 6.21. The van der Waals surface area contributed by atoms with Crippen LogP contribution in [0.1, 0.15) is 74.9 Å². The van der Waals surface area contributed by atoms with E-state index in [4.69, 9.17) is 8.83 Å². The topological polar surface area (TPSA) is 29.5 Å². The van der Waals surface area contributed by atoms with Gasteiger partial charge in [0.15, 0.2) is 0 Å². The van der Waals surface area contributed by atoms with Crippen LogP contribution in [0.5, 0.6) is 0 Å². The molecule has 10 aromatic carbocycles. The second-order valence-corrected chi connectivity index (χ2v) is 21.6. The molecule has 0 N–H and O–H groups in total. The van der Waals surface area contributed by atoms with Crippen molar-refractivity contribution in [2.24, 2.45) is 0 Å². The lowest BCUT2D eigenvalue weighted by Crippen LogP contribution is -2.24. The Morgan fingerprint density at radius 3 is 1.59 bits per heavy atom. The predicted molar refractivity (Wildman–Crippen MR) is 291 cm³/mol. The van der Waals surface area contributed by atoms with E-state index in [-0.39, 0.29) is 16.2 Å². The summed E-state index contributed by atoms with van der Waals surface area (Å²) < 4.78 is 13.8. The molecule has 3 nitrogen and oxygen atoms in total. The van der Waals surface area contributed by atoms with E-state index in [1.807, 2.05) is 0 Å². The molecule has 0 atom stereocenters. The summed E-state index contributed by atoms with van der Waals surface area (Å²) in [5, 5.41) is 7.16. The molecule has 0 amide bonds. The summed E-state index contributed by atoms with van der Waals surface area (Å²) in [6.45, 7) is 14.5. The zero-order valence-electron chi connectivity index (χ0n) is 40.2. The smallest absolute Gasteiger partial charge is 0.144 e. The number of nitrogens with zero attached hydrogens (tertiary/aromatic N) is 1. The van der Waals surface area contributed by atoms with Crippen molar-refractivity contribution in [3.05, 3.63) is 221 Å². The Morgan fingerprint density at radius 1 is 0.343 bits per heavy atom. The molecule has 0 unspecified atom stereocenters. The van der Waals surface area contributed by atoms with Crippen molar-refractivity contribution in [3.8, 4) is 44.5 Å². The van der Waals surface area contributed by atoms with Crippen molar-refractivity contribution in [2.45, 2.75) is 57.8 Å². The maximum Gasteiger partial charge on any atom is 0.144 e. The third kappa shape index (κ3) is 5.04. The number of rotatable bonds is 4. The van der Waals surface area contributed by atoms with Crippen LogP contribution in [0.25, 0.3) is 99.2 Å². The molecule has 0 radical (unpaired) electrons. The maximum absolute atomic E-state index is 7.00. The first kappa shape index (κ1) is 39.8. The van der Waals surface area contributed by atoms with Gasteiger partial charge in [0.1, 0.15) is 22.3 Å². The van der Waals surface area contributed by atoms with Crippen molar-refractivity contribution in [3.63, 3.8) is 0 Å². The van der Waals surface area contributed by atoms with Crippen LogP contribution >= 0.6 is 0 Å². The number of furan rings is 2. The average molecular weight is 900 g/mol. The van der Waals surface area contributed by atoms with Gasteiger partial charge in [0.25, 0.3) is 0 Å². The molecule has 12 aromatic rings. The highest BCUT2D eigenvalue weighted by Gasteiger charge is 2.49. The Kier molecular flexibility index (Phi) is 7.71. The van der Waals surface area contributed by atoms with Crippen molar-refractivity contribution in [2.75, 3.05) is 4.90 Å². The molecule has 0 saturated carbocycles. The molecule has 2 heterocycles. The van der Waals surface area contributed by atoms with E-state index in [9.17, 15) is 0 Å². The summed E-state index contributed by atoms with van der Waals surface area (Å²) in [5.41, 5.74) is 24.4. The van der Waals surface area contributed by atoms with E-state index in [1.165, 1.54) is 93.7 Å². The van der Waals surface area contributed by atoms with E-state index in [0.29, 0.717) is 0 Å². The summed E-state index contributed by atoms with van der Waals surface area (Å²) in [7, 11) is 0. The van der Waals surface area contributed by atoms with Gasteiger partial charge in [0.05, 0.1) is 0 Å². The molecule has 2 aromatic heterocycles. The molecule has 3 aliphatic rings. The van der Waals surface area contributed by atoms with Crippen LogP contribution in [-0.4, -0.2) is 0 Å². The summed E-state index contributed by atoms with van der Waals surface area (Å²) in [6.07, 6.45) is 0. The Labute approximate surface area is 407 Å². The van der Waals surface area contributed by atoms with Gasteiger partial charge in [0, 0.05) is 66.0 Å². The molecular weight excluding hydrogens is 851 g/mol. The van der Waals surface area contributed by atoms with Crippen LogP contribution < -0.4 is 4.90 Å². The molecule has 0 bridgehead atoms. The number of para-hydroxylation sites is 2. The highest BCUT2D eigenvalue weighted by atomic mass is 16.3. The van der Waals surface area contributed by atoms with Gasteiger partial charge in [-0.05, 0) is 132 Å². The van der Waals surface area contributed by atoms with Crippen molar-refractivity contribution in [1.29, 1.82) is 0 Å². The van der Waals surface area contributed by atoms with Crippen LogP contribution in [0.4, 0.5) is 17.1 Å². The molecular formula is C67H49NO2. The van der Waals surface area contributed by atoms with E-state index in [2.05, 4.69) is 234 Å². The predicted octanol–water partition coefficient (Wildman–Crippen LogP) is 18.7. The van der Waals surface area contributed by atoms with E-state index < -0.39 is 0 Å². The summed E-state index contributed by atoms with van der Waals surface area (Å²) >= 11 is 0. The fourth-order valence-electron chi connectivity index (χ4n) is 13.5. The van der Waals surface area contributed by atoms with Crippen LogP contribution in [0.15, 0.2) is 197 Å². The average Bonchev–Trinajstić information content (AvgIpc) is 4.13. The Bertz CT molecular complexity index is 4270. The lowest BCUT2D eigenvalue weighted by Gasteiger charge is -2.32. The fraction of sp³-hybridized carbons (Fsp3) is 0.134. The Balaban J connectivity index is 0.965. The summed E-state index contributed by atoms with van der Waals surface area (Å²) in [5.74, 6) is 0. The van der Waals surface area contributed by atoms with Gasteiger partial charge in [-0.1, -0.05) is 175 Å². The summed E-state index contributed by atoms with van der Waals surface area (Å²) in [6, 6.07) is 69.4. The Hall–Kier alpha value is -8.14. The van der Waals surface area contributed by atoms with Gasteiger partial charge in [-0.3, -0.25) is 0 Å². The number of anilines is 3. The minimum atomic E-state index is -0.331. The SMILES string of the molecule is CC1(C)c2cc(N(c3ccc4c(c3)C(C)(C)c3c5c(c6oc7ccccc7c6c3-4)-c3ccccc3C5(C)C)c3ccc4ccccc4c3)ccc2-c2c1cc(-c1ccccc1)c1oc3ccccc3c21. The minimum absolute atomic E-state index is 0.229. The largest absolute Gasteiger partial charge is 0.455 e. The van der Waals surface area contributed by atoms with Gasteiger partial charge >= 0.3 is 0 Å². The number of hydrogen-bond donors (Lipinski definition) is 0. The molecule has 3 aliphatic carbocycles.